The van der Waals surface area contributed by atoms with Crippen LogP contribution in [0.4, 0.5) is 11.4 Å². The third-order valence-electron chi connectivity index (χ3n) is 5.06. The van der Waals surface area contributed by atoms with Crippen LogP contribution in [0.5, 0.6) is 5.75 Å². The summed E-state index contributed by atoms with van der Waals surface area (Å²) in [5.74, 6) is 0.920. The van der Waals surface area contributed by atoms with Crippen molar-refractivity contribution in [3.8, 4) is 5.75 Å². The first-order valence-electron chi connectivity index (χ1n) is 9.59. The molecule has 1 N–H and O–H groups in total. The number of anilines is 2. The molecule has 6 nitrogen and oxygen atoms in total. The number of methoxy groups -OCH3 is 1. The fraction of sp³-hybridized carbons (Fsp3) is 0.364. The lowest BCUT2D eigenvalue weighted by atomic mass is 10.1. The molecule has 0 aromatic heterocycles. The number of piperazine rings is 1. The zero-order valence-corrected chi connectivity index (χ0v) is 16.5. The summed E-state index contributed by atoms with van der Waals surface area (Å²) >= 11 is 0. The minimum atomic E-state index is -0.0197. The first-order chi connectivity index (χ1) is 13.6. The summed E-state index contributed by atoms with van der Waals surface area (Å²) in [6, 6.07) is 15.6. The minimum Gasteiger partial charge on any atom is -0.496 e. The largest absolute Gasteiger partial charge is 0.496 e. The van der Waals surface area contributed by atoms with Crippen molar-refractivity contribution < 1.29 is 14.3 Å². The fourth-order valence-electron chi connectivity index (χ4n) is 3.42. The molecule has 3 rings (SSSR count). The van der Waals surface area contributed by atoms with E-state index in [2.05, 4.69) is 10.2 Å². The Morgan fingerprint density at radius 2 is 1.68 bits per heavy atom. The summed E-state index contributed by atoms with van der Waals surface area (Å²) < 4.78 is 5.33. The van der Waals surface area contributed by atoms with Crippen LogP contribution >= 0.6 is 0 Å². The smallest absolute Gasteiger partial charge is 0.224 e. The Morgan fingerprint density at radius 1 is 1.00 bits per heavy atom. The maximum Gasteiger partial charge on any atom is 0.224 e. The molecule has 0 aliphatic carbocycles. The van der Waals surface area contributed by atoms with E-state index in [0.29, 0.717) is 12.8 Å². The second-order valence-electron chi connectivity index (χ2n) is 6.90. The topological polar surface area (TPSA) is 61.9 Å². The van der Waals surface area contributed by atoms with Crippen molar-refractivity contribution in [3.05, 3.63) is 54.1 Å². The molecule has 0 bridgehead atoms. The highest BCUT2D eigenvalue weighted by molar-refractivity contribution is 5.91. The summed E-state index contributed by atoms with van der Waals surface area (Å²) in [5.41, 5.74) is 2.92. The van der Waals surface area contributed by atoms with Crippen LogP contribution in [0.3, 0.4) is 0 Å². The van der Waals surface area contributed by atoms with Crippen molar-refractivity contribution in [2.75, 3.05) is 43.5 Å². The number of amides is 2. The number of benzene rings is 2. The van der Waals surface area contributed by atoms with E-state index in [1.807, 2.05) is 53.4 Å². The molecule has 6 heteroatoms. The van der Waals surface area contributed by atoms with E-state index in [4.69, 9.17) is 4.74 Å². The first-order valence-corrected chi connectivity index (χ1v) is 9.59. The van der Waals surface area contributed by atoms with Crippen molar-refractivity contribution in [1.82, 2.24) is 4.90 Å². The molecule has 0 unspecified atom stereocenters. The number of ether oxygens (including phenoxy) is 1. The molecule has 1 aliphatic rings. The molecule has 0 saturated carbocycles. The summed E-state index contributed by atoms with van der Waals surface area (Å²) in [5, 5.41) is 2.95. The molecular weight excluding hydrogens is 354 g/mol. The van der Waals surface area contributed by atoms with Crippen molar-refractivity contribution in [2.45, 2.75) is 19.8 Å². The minimum absolute atomic E-state index is 0.0197. The number of aryl methyl sites for hydroxylation is 1. The normalized spacial score (nSPS) is 13.9. The van der Waals surface area contributed by atoms with E-state index in [1.54, 1.807) is 14.0 Å². The van der Waals surface area contributed by atoms with E-state index in [-0.39, 0.29) is 11.8 Å². The number of carbonyl (C=O) groups excluding carboxylic acids is 2. The van der Waals surface area contributed by atoms with Gasteiger partial charge in [0, 0.05) is 50.9 Å². The lowest BCUT2D eigenvalue weighted by Crippen LogP contribution is -2.48. The number of hydrogen-bond donors (Lipinski definition) is 1. The Morgan fingerprint density at radius 3 is 2.32 bits per heavy atom. The number of hydrogen-bond acceptors (Lipinski definition) is 4. The second-order valence-corrected chi connectivity index (χ2v) is 6.90. The predicted molar refractivity (Wildman–Crippen MR) is 111 cm³/mol. The molecule has 0 atom stereocenters. The van der Waals surface area contributed by atoms with Gasteiger partial charge in [-0.25, -0.2) is 0 Å². The van der Waals surface area contributed by atoms with Crippen LogP contribution in [-0.4, -0.2) is 50.0 Å². The molecule has 148 valence electrons. The monoisotopic (exact) mass is 381 g/mol. The number of rotatable bonds is 6. The average molecular weight is 381 g/mol. The van der Waals surface area contributed by atoms with E-state index < -0.39 is 0 Å². The molecule has 0 radical (unpaired) electrons. The Bertz CT molecular complexity index is 812. The van der Waals surface area contributed by atoms with Gasteiger partial charge in [-0.1, -0.05) is 18.2 Å². The maximum atomic E-state index is 12.3. The molecule has 1 saturated heterocycles. The van der Waals surface area contributed by atoms with Crippen LogP contribution in [0, 0.1) is 0 Å². The molecule has 1 heterocycles. The van der Waals surface area contributed by atoms with Crippen LogP contribution in [-0.2, 0) is 16.0 Å². The standard InChI is InChI=1S/C22H27N3O3/c1-17(26)24-13-15-25(16-14-24)20-10-8-19(9-11-20)23-22(27)12-7-18-5-3-4-6-21(18)28-2/h3-6,8-11H,7,12-16H2,1-2H3,(H,23,27). The highest BCUT2D eigenvalue weighted by Gasteiger charge is 2.18. The summed E-state index contributed by atoms with van der Waals surface area (Å²) in [4.78, 5) is 27.8. The van der Waals surface area contributed by atoms with Gasteiger partial charge in [0.1, 0.15) is 5.75 Å². The Labute approximate surface area is 166 Å². The van der Waals surface area contributed by atoms with Gasteiger partial charge in [0.15, 0.2) is 0 Å². The Balaban J connectivity index is 1.50. The molecule has 1 fully saturated rings. The van der Waals surface area contributed by atoms with Gasteiger partial charge in [-0.2, -0.15) is 0 Å². The average Bonchev–Trinajstić information content (AvgIpc) is 2.73. The SMILES string of the molecule is COc1ccccc1CCC(=O)Nc1ccc(N2CCN(C(C)=O)CC2)cc1. The molecule has 0 spiro atoms. The van der Waals surface area contributed by atoms with Gasteiger partial charge >= 0.3 is 0 Å². The molecule has 28 heavy (non-hydrogen) atoms. The van der Waals surface area contributed by atoms with E-state index in [1.165, 1.54) is 0 Å². The lowest BCUT2D eigenvalue weighted by Gasteiger charge is -2.35. The molecule has 2 aromatic rings. The molecule has 2 amide bonds. The number of nitrogens with one attached hydrogen (secondary N) is 1. The quantitative estimate of drug-likeness (QED) is 0.836. The van der Waals surface area contributed by atoms with Crippen LogP contribution in [0.2, 0.25) is 0 Å². The lowest BCUT2D eigenvalue weighted by molar-refractivity contribution is -0.129. The zero-order valence-electron chi connectivity index (χ0n) is 16.5. The number of nitrogens with zero attached hydrogens (tertiary/aromatic N) is 2. The van der Waals surface area contributed by atoms with Gasteiger partial charge in [0.2, 0.25) is 11.8 Å². The first kappa shape index (κ1) is 19.7. The van der Waals surface area contributed by atoms with Crippen molar-refractivity contribution >= 4 is 23.2 Å². The van der Waals surface area contributed by atoms with Crippen molar-refractivity contribution in [1.29, 1.82) is 0 Å². The highest BCUT2D eigenvalue weighted by Crippen LogP contribution is 2.21. The van der Waals surface area contributed by atoms with Crippen molar-refractivity contribution in [3.63, 3.8) is 0 Å². The van der Waals surface area contributed by atoms with Gasteiger partial charge in [0.25, 0.3) is 0 Å². The molecule has 1 aliphatic heterocycles. The van der Waals surface area contributed by atoms with Crippen LogP contribution in [0.25, 0.3) is 0 Å². The van der Waals surface area contributed by atoms with Gasteiger partial charge in [-0.15, -0.1) is 0 Å². The Hall–Kier alpha value is -3.02. The zero-order chi connectivity index (χ0) is 19.9. The maximum absolute atomic E-state index is 12.3. The summed E-state index contributed by atoms with van der Waals surface area (Å²) in [6.45, 7) is 4.75. The van der Waals surface area contributed by atoms with E-state index >= 15 is 0 Å². The second kappa shape index (κ2) is 9.26. The number of carbonyl (C=O) groups is 2. The number of para-hydroxylation sites is 1. The van der Waals surface area contributed by atoms with Crippen LogP contribution in [0.1, 0.15) is 18.9 Å². The van der Waals surface area contributed by atoms with Gasteiger partial charge in [0.05, 0.1) is 7.11 Å². The molecule has 2 aromatic carbocycles. The van der Waals surface area contributed by atoms with E-state index in [9.17, 15) is 9.59 Å². The van der Waals surface area contributed by atoms with E-state index in [0.717, 1.165) is 48.9 Å². The van der Waals surface area contributed by atoms with Gasteiger partial charge in [-0.3, -0.25) is 9.59 Å². The van der Waals surface area contributed by atoms with Crippen molar-refractivity contribution in [2.24, 2.45) is 0 Å². The van der Waals surface area contributed by atoms with Crippen LogP contribution in [0.15, 0.2) is 48.5 Å². The summed E-state index contributed by atoms with van der Waals surface area (Å²) in [6.07, 6.45) is 1.03. The summed E-state index contributed by atoms with van der Waals surface area (Å²) in [7, 11) is 1.64. The third-order valence-corrected chi connectivity index (χ3v) is 5.06. The van der Waals surface area contributed by atoms with Gasteiger partial charge in [-0.05, 0) is 42.3 Å². The Kier molecular flexibility index (Phi) is 6.53. The van der Waals surface area contributed by atoms with Gasteiger partial charge < -0.3 is 19.9 Å². The fourth-order valence-corrected chi connectivity index (χ4v) is 3.42. The predicted octanol–water partition coefficient (Wildman–Crippen LogP) is 2.94. The third kappa shape index (κ3) is 5.03. The van der Waals surface area contributed by atoms with Crippen LogP contribution < -0.4 is 15.0 Å². The molecular formula is C22H27N3O3. The highest BCUT2D eigenvalue weighted by atomic mass is 16.5.